The van der Waals surface area contributed by atoms with Crippen molar-refractivity contribution in [3.63, 3.8) is 0 Å². The van der Waals surface area contributed by atoms with E-state index in [1.165, 1.54) is 12.8 Å². The molecule has 2 heterocycles. The molecule has 19 heavy (non-hydrogen) atoms. The molecule has 4 nitrogen and oxygen atoms in total. The Morgan fingerprint density at radius 2 is 2.16 bits per heavy atom. The fourth-order valence-corrected chi connectivity index (χ4v) is 2.71. The van der Waals surface area contributed by atoms with Gasteiger partial charge >= 0.3 is 0 Å². The second-order valence-electron chi connectivity index (χ2n) is 5.24. The molecule has 0 bridgehead atoms. The molecule has 0 saturated carbocycles. The molecular formula is C15H20N4. The van der Waals surface area contributed by atoms with Crippen LogP contribution in [0.15, 0.2) is 30.3 Å². The zero-order valence-corrected chi connectivity index (χ0v) is 11.3. The Bertz CT molecular complexity index is 526. The molecule has 1 aromatic heterocycles. The van der Waals surface area contributed by atoms with Gasteiger partial charge in [-0.3, -0.25) is 0 Å². The number of hydrogen-bond acceptors (Lipinski definition) is 3. The summed E-state index contributed by atoms with van der Waals surface area (Å²) >= 11 is 0. The molecular weight excluding hydrogens is 236 g/mol. The van der Waals surface area contributed by atoms with Crippen LogP contribution in [0.1, 0.15) is 18.7 Å². The van der Waals surface area contributed by atoms with Crippen molar-refractivity contribution in [1.29, 1.82) is 0 Å². The number of hydrogen-bond donors (Lipinski definition) is 1. The van der Waals surface area contributed by atoms with E-state index in [0.29, 0.717) is 5.92 Å². The van der Waals surface area contributed by atoms with E-state index in [-0.39, 0.29) is 0 Å². The number of piperidine rings is 1. The van der Waals surface area contributed by atoms with E-state index in [9.17, 15) is 0 Å². The number of aromatic nitrogens is 3. The summed E-state index contributed by atoms with van der Waals surface area (Å²) < 4.78 is 2.07. The molecule has 1 aliphatic heterocycles. The van der Waals surface area contributed by atoms with Crippen LogP contribution in [0.4, 0.5) is 0 Å². The van der Waals surface area contributed by atoms with Gasteiger partial charge in [-0.25, -0.2) is 9.67 Å². The molecule has 1 fully saturated rings. The van der Waals surface area contributed by atoms with Gasteiger partial charge in [-0.15, -0.1) is 0 Å². The van der Waals surface area contributed by atoms with Crippen molar-refractivity contribution in [2.45, 2.75) is 26.3 Å². The molecule has 2 aromatic rings. The van der Waals surface area contributed by atoms with Crippen LogP contribution in [-0.2, 0) is 6.54 Å². The maximum atomic E-state index is 4.58. The SMILES string of the molecule is Cc1nc(-c2ccccc2)n(CC2CCCNC2)n1. The molecule has 1 saturated heterocycles. The van der Waals surface area contributed by atoms with Crippen LogP contribution >= 0.6 is 0 Å². The second kappa shape index (κ2) is 5.53. The van der Waals surface area contributed by atoms with Crippen LogP contribution in [0.3, 0.4) is 0 Å². The van der Waals surface area contributed by atoms with Gasteiger partial charge < -0.3 is 5.32 Å². The highest BCUT2D eigenvalue weighted by Crippen LogP contribution is 2.20. The highest BCUT2D eigenvalue weighted by Gasteiger charge is 2.17. The predicted octanol–water partition coefficient (Wildman–Crippen LogP) is 2.25. The first kappa shape index (κ1) is 12.4. The lowest BCUT2D eigenvalue weighted by molar-refractivity contribution is 0.326. The highest BCUT2D eigenvalue weighted by molar-refractivity contribution is 5.54. The predicted molar refractivity (Wildman–Crippen MR) is 75.8 cm³/mol. The summed E-state index contributed by atoms with van der Waals surface area (Å²) in [6, 6.07) is 10.3. The van der Waals surface area contributed by atoms with Gasteiger partial charge in [-0.2, -0.15) is 5.10 Å². The highest BCUT2D eigenvalue weighted by atomic mass is 15.3. The minimum absolute atomic E-state index is 0.664. The first-order valence-corrected chi connectivity index (χ1v) is 7.00. The molecule has 100 valence electrons. The minimum Gasteiger partial charge on any atom is -0.316 e. The van der Waals surface area contributed by atoms with Crippen LogP contribution < -0.4 is 5.32 Å². The van der Waals surface area contributed by atoms with E-state index in [1.807, 2.05) is 25.1 Å². The molecule has 4 heteroatoms. The molecule has 1 unspecified atom stereocenters. The molecule has 0 spiro atoms. The van der Waals surface area contributed by atoms with Gasteiger partial charge in [0.1, 0.15) is 5.82 Å². The van der Waals surface area contributed by atoms with Crippen LogP contribution in [0.25, 0.3) is 11.4 Å². The summed E-state index contributed by atoms with van der Waals surface area (Å²) in [4.78, 5) is 4.58. The van der Waals surface area contributed by atoms with E-state index >= 15 is 0 Å². The quantitative estimate of drug-likeness (QED) is 0.916. The van der Waals surface area contributed by atoms with E-state index in [1.54, 1.807) is 0 Å². The Balaban J connectivity index is 1.85. The van der Waals surface area contributed by atoms with E-state index in [0.717, 1.165) is 36.8 Å². The second-order valence-corrected chi connectivity index (χ2v) is 5.24. The van der Waals surface area contributed by atoms with Gasteiger partial charge in [0.2, 0.25) is 0 Å². The van der Waals surface area contributed by atoms with E-state index in [4.69, 9.17) is 0 Å². The average molecular weight is 256 g/mol. The van der Waals surface area contributed by atoms with Crippen molar-refractivity contribution < 1.29 is 0 Å². The lowest BCUT2D eigenvalue weighted by Crippen LogP contribution is -2.32. The zero-order chi connectivity index (χ0) is 13.1. The number of aryl methyl sites for hydroxylation is 1. The lowest BCUT2D eigenvalue weighted by atomic mass is 10.00. The molecule has 1 N–H and O–H groups in total. The van der Waals surface area contributed by atoms with E-state index in [2.05, 4.69) is 32.2 Å². The third-order valence-corrected chi connectivity index (χ3v) is 3.64. The van der Waals surface area contributed by atoms with Crippen molar-refractivity contribution in [2.75, 3.05) is 13.1 Å². The summed E-state index contributed by atoms with van der Waals surface area (Å²) in [5.74, 6) is 2.50. The maximum Gasteiger partial charge on any atom is 0.158 e. The molecule has 3 rings (SSSR count). The largest absolute Gasteiger partial charge is 0.316 e. The topological polar surface area (TPSA) is 42.7 Å². The first-order valence-electron chi connectivity index (χ1n) is 7.00. The lowest BCUT2D eigenvalue weighted by Gasteiger charge is -2.23. The van der Waals surface area contributed by atoms with Crippen molar-refractivity contribution in [3.05, 3.63) is 36.2 Å². The van der Waals surface area contributed by atoms with Crippen LogP contribution in [0.2, 0.25) is 0 Å². The smallest absolute Gasteiger partial charge is 0.158 e. The molecule has 0 amide bonds. The Labute approximate surface area is 113 Å². The summed E-state index contributed by atoms with van der Waals surface area (Å²) in [5.41, 5.74) is 1.15. The molecule has 1 atom stereocenters. The fourth-order valence-electron chi connectivity index (χ4n) is 2.71. The monoisotopic (exact) mass is 256 g/mol. The van der Waals surface area contributed by atoms with Gasteiger partial charge in [-0.1, -0.05) is 30.3 Å². The third kappa shape index (κ3) is 2.84. The molecule has 0 aliphatic carbocycles. The average Bonchev–Trinajstić information content (AvgIpc) is 2.82. The minimum atomic E-state index is 0.664. The maximum absolute atomic E-state index is 4.58. The number of nitrogens with one attached hydrogen (secondary N) is 1. The molecule has 1 aliphatic rings. The standard InChI is InChI=1S/C15H20N4/c1-12-17-15(14-7-3-2-4-8-14)19(18-12)11-13-6-5-9-16-10-13/h2-4,7-8,13,16H,5-6,9-11H2,1H3. The van der Waals surface area contributed by atoms with Crippen molar-refractivity contribution in [3.8, 4) is 11.4 Å². The number of rotatable bonds is 3. The number of nitrogens with zero attached hydrogens (tertiary/aromatic N) is 3. The third-order valence-electron chi connectivity index (χ3n) is 3.64. The van der Waals surface area contributed by atoms with Crippen LogP contribution in [0.5, 0.6) is 0 Å². The Kier molecular flexibility index (Phi) is 3.60. The van der Waals surface area contributed by atoms with Crippen LogP contribution in [-0.4, -0.2) is 27.9 Å². The zero-order valence-electron chi connectivity index (χ0n) is 11.3. The Morgan fingerprint density at radius 1 is 1.32 bits per heavy atom. The molecule has 0 radical (unpaired) electrons. The van der Waals surface area contributed by atoms with Gasteiger partial charge in [0.25, 0.3) is 0 Å². The Morgan fingerprint density at radius 3 is 2.89 bits per heavy atom. The van der Waals surface area contributed by atoms with Gasteiger partial charge in [0, 0.05) is 12.1 Å². The Hall–Kier alpha value is -1.68. The normalized spacial score (nSPS) is 19.5. The fraction of sp³-hybridized carbons (Fsp3) is 0.467. The van der Waals surface area contributed by atoms with Crippen LogP contribution in [0, 0.1) is 12.8 Å². The van der Waals surface area contributed by atoms with Gasteiger partial charge in [0.05, 0.1) is 0 Å². The van der Waals surface area contributed by atoms with E-state index < -0.39 is 0 Å². The first-order chi connectivity index (χ1) is 9.33. The van der Waals surface area contributed by atoms with Gasteiger partial charge in [-0.05, 0) is 38.8 Å². The summed E-state index contributed by atoms with van der Waals surface area (Å²) in [7, 11) is 0. The van der Waals surface area contributed by atoms with Crippen molar-refractivity contribution in [2.24, 2.45) is 5.92 Å². The van der Waals surface area contributed by atoms with Crippen molar-refractivity contribution in [1.82, 2.24) is 20.1 Å². The molecule has 1 aromatic carbocycles. The van der Waals surface area contributed by atoms with Gasteiger partial charge in [0.15, 0.2) is 5.82 Å². The number of benzene rings is 1. The summed E-state index contributed by atoms with van der Waals surface area (Å²) in [6.07, 6.45) is 2.54. The summed E-state index contributed by atoms with van der Waals surface area (Å²) in [6.45, 7) is 5.16. The van der Waals surface area contributed by atoms with Crippen molar-refractivity contribution >= 4 is 0 Å². The summed E-state index contributed by atoms with van der Waals surface area (Å²) in [5, 5.41) is 8.02.